The minimum absolute atomic E-state index is 0.118. The smallest absolute Gasteiger partial charge is 0.148 e. The fourth-order valence-corrected chi connectivity index (χ4v) is 1.79. The van der Waals surface area contributed by atoms with Crippen molar-refractivity contribution in [3.63, 3.8) is 0 Å². The molecule has 0 radical (unpaired) electrons. The number of benzene rings is 1. The van der Waals surface area contributed by atoms with Crippen LogP contribution in [0.1, 0.15) is 34.1 Å². The summed E-state index contributed by atoms with van der Waals surface area (Å²) >= 11 is 0. The fourth-order valence-electron chi connectivity index (χ4n) is 1.79. The van der Waals surface area contributed by atoms with Gasteiger partial charge in [0, 0.05) is 30.7 Å². The highest BCUT2D eigenvalue weighted by molar-refractivity contribution is 5.56. The van der Waals surface area contributed by atoms with Gasteiger partial charge in [-0.25, -0.2) is 4.39 Å². The molecule has 0 aromatic heterocycles. The predicted octanol–water partition coefficient (Wildman–Crippen LogP) is 3.49. The third kappa shape index (κ3) is 4.10. The monoisotopic (exact) mass is 282 g/mol. The van der Waals surface area contributed by atoms with Gasteiger partial charge >= 0.3 is 0 Å². The number of hydrogen-bond donors (Lipinski definition) is 2. The van der Waals surface area contributed by atoms with Crippen molar-refractivity contribution in [1.82, 2.24) is 0 Å². The maximum Gasteiger partial charge on any atom is 0.148 e. The molecule has 0 aliphatic heterocycles. The molecule has 0 heterocycles. The lowest BCUT2D eigenvalue weighted by molar-refractivity contribution is 0.149. The third-order valence-corrected chi connectivity index (χ3v) is 4.06. The van der Waals surface area contributed by atoms with Gasteiger partial charge in [0.2, 0.25) is 0 Å². The zero-order valence-corrected chi connectivity index (χ0v) is 13.2. The molecule has 1 rings (SSSR count). The van der Waals surface area contributed by atoms with Crippen LogP contribution in [0.2, 0.25) is 0 Å². The van der Waals surface area contributed by atoms with E-state index >= 15 is 0 Å². The van der Waals surface area contributed by atoms with Gasteiger partial charge in [-0.1, -0.05) is 13.8 Å². The van der Waals surface area contributed by atoms with Crippen LogP contribution in [-0.2, 0) is 0 Å². The van der Waals surface area contributed by atoms with Gasteiger partial charge in [0.25, 0.3) is 0 Å². The highest BCUT2D eigenvalue weighted by atomic mass is 19.1. The molecule has 1 unspecified atom stereocenters. The second-order valence-electron chi connectivity index (χ2n) is 6.05. The molecule has 0 saturated carbocycles. The Morgan fingerprint density at radius 3 is 2.50 bits per heavy atom. The summed E-state index contributed by atoms with van der Waals surface area (Å²) in [5, 5.41) is 12.6. The van der Waals surface area contributed by atoms with Crippen LogP contribution in [0.3, 0.4) is 0 Å². The lowest BCUT2D eigenvalue weighted by Gasteiger charge is -2.27. The molecule has 0 aliphatic carbocycles. The van der Waals surface area contributed by atoms with Crippen LogP contribution in [0.15, 0.2) is 18.2 Å². The van der Waals surface area contributed by atoms with Gasteiger partial charge in [-0.15, -0.1) is 0 Å². The molecule has 0 aliphatic rings. The van der Waals surface area contributed by atoms with Crippen molar-refractivity contribution in [3.8, 4) is 0 Å². The Morgan fingerprint density at radius 2 is 2.05 bits per heavy atom. The summed E-state index contributed by atoms with van der Waals surface area (Å²) in [6, 6.07) is 5.44. The molecule has 2 N–H and O–H groups in total. The SMILES string of the molecule is CCC(C)(CO)CNc1ccc(N(C)C(C)C)c(F)c1. The van der Waals surface area contributed by atoms with E-state index < -0.39 is 0 Å². The topological polar surface area (TPSA) is 35.5 Å². The molecule has 1 aromatic carbocycles. The van der Waals surface area contributed by atoms with Crippen LogP contribution in [-0.4, -0.2) is 31.3 Å². The standard InChI is InChI=1S/C16H27FN2O/c1-6-16(4,11-20)10-18-13-7-8-15(14(17)9-13)19(5)12(2)3/h7-9,12,18,20H,6,10-11H2,1-5H3. The maximum atomic E-state index is 14.1. The van der Waals surface area contributed by atoms with Crippen molar-refractivity contribution >= 4 is 11.4 Å². The van der Waals surface area contributed by atoms with Crippen molar-refractivity contribution in [2.45, 2.75) is 40.2 Å². The zero-order chi connectivity index (χ0) is 15.3. The highest BCUT2D eigenvalue weighted by Crippen LogP contribution is 2.25. The molecule has 3 nitrogen and oxygen atoms in total. The van der Waals surface area contributed by atoms with Crippen LogP contribution >= 0.6 is 0 Å². The van der Waals surface area contributed by atoms with E-state index in [0.717, 1.165) is 12.1 Å². The van der Waals surface area contributed by atoms with E-state index in [9.17, 15) is 9.50 Å². The summed E-state index contributed by atoms with van der Waals surface area (Å²) in [7, 11) is 1.89. The molecule has 1 atom stereocenters. The Bertz CT molecular complexity index is 430. The number of aliphatic hydroxyl groups is 1. The molecule has 114 valence electrons. The van der Waals surface area contributed by atoms with E-state index in [2.05, 4.69) is 5.32 Å². The van der Waals surface area contributed by atoms with E-state index in [1.165, 1.54) is 6.07 Å². The summed E-state index contributed by atoms with van der Waals surface area (Å²) < 4.78 is 14.1. The summed E-state index contributed by atoms with van der Waals surface area (Å²) in [4.78, 5) is 1.91. The first-order valence-corrected chi connectivity index (χ1v) is 7.20. The zero-order valence-electron chi connectivity index (χ0n) is 13.2. The number of halogens is 1. The summed E-state index contributed by atoms with van der Waals surface area (Å²) in [6.07, 6.45) is 0.868. The first kappa shape index (κ1) is 16.8. The van der Waals surface area contributed by atoms with Crippen molar-refractivity contribution in [2.24, 2.45) is 5.41 Å². The van der Waals surface area contributed by atoms with Gasteiger partial charge in [-0.3, -0.25) is 0 Å². The van der Waals surface area contributed by atoms with Gasteiger partial charge in [0.15, 0.2) is 0 Å². The Hall–Kier alpha value is -1.29. The van der Waals surface area contributed by atoms with Crippen LogP contribution in [0, 0.1) is 11.2 Å². The van der Waals surface area contributed by atoms with Crippen LogP contribution in [0.25, 0.3) is 0 Å². The molecular weight excluding hydrogens is 255 g/mol. The predicted molar refractivity (Wildman–Crippen MR) is 83.9 cm³/mol. The highest BCUT2D eigenvalue weighted by Gasteiger charge is 2.20. The van der Waals surface area contributed by atoms with Gasteiger partial charge in [0.05, 0.1) is 12.3 Å². The summed E-state index contributed by atoms with van der Waals surface area (Å²) in [5.41, 5.74) is 1.17. The van der Waals surface area contributed by atoms with Crippen molar-refractivity contribution in [3.05, 3.63) is 24.0 Å². The normalized spacial score (nSPS) is 14.2. The van der Waals surface area contributed by atoms with E-state index in [4.69, 9.17) is 0 Å². The number of rotatable bonds is 7. The summed E-state index contributed by atoms with van der Waals surface area (Å²) in [6.45, 7) is 8.85. The van der Waals surface area contributed by atoms with Gasteiger partial charge in [0.1, 0.15) is 5.82 Å². The maximum absolute atomic E-state index is 14.1. The summed E-state index contributed by atoms with van der Waals surface area (Å²) in [5.74, 6) is -0.228. The molecule has 1 aromatic rings. The quantitative estimate of drug-likeness (QED) is 0.803. The number of hydrogen-bond acceptors (Lipinski definition) is 3. The average Bonchev–Trinajstić information content (AvgIpc) is 2.44. The first-order chi connectivity index (χ1) is 9.33. The lowest BCUT2D eigenvalue weighted by Crippen LogP contribution is -2.29. The lowest BCUT2D eigenvalue weighted by atomic mass is 9.88. The number of anilines is 2. The van der Waals surface area contributed by atoms with Crippen molar-refractivity contribution < 1.29 is 9.50 Å². The van der Waals surface area contributed by atoms with Crippen molar-refractivity contribution in [1.29, 1.82) is 0 Å². The molecule has 20 heavy (non-hydrogen) atoms. The van der Waals surface area contributed by atoms with E-state index in [1.54, 1.807) is 6.07 Å². The van der Waals surface area contributed by atoms with Crippen LogP contribution in [0.4, 0.5) is 15.8 Å². The van der Waals surface area contributed by atoms with Gasteiger partial charge < -0.3 is 15.3 Å². The Kier molecular flexibility index (Phi) is 5.81. The molecule has 4 heteroatoms. The van der Waals surface area contributed by atoms with E-state index in [1.807, 2.05) is 45.7 Å². The minimum atomic E-state index is -0.228. The van der Waals surface area contributed by atoms with E-state index in [-0.39, 0.29) is 23.9 Å². The average molecular weight is 282 g/mol. The molecule has 0 amide bonds. The van der Waals surface area contributed by atoms with Gasteiger partial charge in [-0.2, -0.15) is 0 Å². The minimum Gasteiger partial charge on any atom is -0.396 e. The van der Waals surface area contributed by atoms with Crippen LogP contribution < -0.4 is 10.2 Å². The molecular formula is C16H27FN2O. The molecule has 0 bridgehead atoms. The van der Waals surface area contributed by atoms with Gasteiger partial charge in [-0.05, 0) is 38.5 Å². The Morgan fingerprint density at radius 1 is 1.40 bits per heavy atom. The number of aliphatic hydroxyl groups excluding tert-OH is 1. The van der Waals surface area contributed by atoms with E-state index in [0.29, 0.717) is 12.2 Å². The molecule has 0 saturated heterocycles. The number of nitrogens with zero attached hydrogens (tertiary/aromatic N) is 1. The third-order valence-electron chi connectivity index (χ3n) is 4.06. The second-order valence-corrected chi connectivity index (χ2v) is 6.05. The van der Waals surface area contributed by atoms with Crippen LogP contribution in [0.5, 0.6) is 0 Å². The van der Waals surface area contributed by atoms with Crippen molar-refractivity contribution in [2.75, 3.05) is 30.4 Å². The second kappa shape index (κ2) is 6.93. The first-order valence-electron chi connectivity index (χ1n) is 7.20. The molecule has 0 spiro atoms. The molecule has 0 fully saturated rings. The Labute approximate surface area is 121 Å². The fraction of sp³-hybridized carbons (Fsp3) is 0.625. The Balaban J connectivity index is 2.78. The number of nitrogens with one attached hydrogen (secondary N) is 1. The largest absolute Gasteiger partial charge is 0.396 e.